The average Bonchev–Trinajstić information content (AvgIpc) is 3.66. The molecule has 0 amide bonds. The zero-order valence-electron chi connectivity index (χ0n) is 26.3. The Labute approximate surface area is 275 Å². The highest BCUT2D eigenvalue weighted by Gasteiger charge is 2.18. The first-order chi connectivity index (χ1) is 23.5. The third kappa shape index (κ3) is 4.55. The van der Waals surface area contributed by atoms with Gasteiger partial charge >= 0.3 is 0 Å². The van der Waals surface area contributed by atoms with E-state index in [1.165, 1.54) is 10.8 Å². The fourth-order valence-electron chi connectivity index (χ4n) is 6.76. The molecule has 0 unspecified atom stereocenters. The lowest BCUT2D eigenvalue weighted by molar-refractivity contribution is 0.103. The van der Waals surface area contributed by atoms with Gasteiger partial charge in [-0.3, -0.25) is 4.79 Å². The molecule has 0 aliphatic carbocycles. The third-order valence-corrected chi connectivity index (χ3v) is 9.26. The Morgan fingerprint density at radius 3 is 1.38 bits per heavy atom. The number of nitrogens with zero attached hydrogens (tertiary/aromatic N) is 4. The second-order valence-electron chi connectivity index (χ2n) is 12.0. The van der Waals surface area contributed by atoms with Crippen LogP contribution in [0.2, 0.25) is 0 Å². The van der Waals surface area contributed by atoms with Crippen LogP contribution in [-0.4, -0.2) is 36.8 Å². The Hall–Kier alpha value is -6.47. The van der Waals surface area contributed by atoms with Gasteiger partial charge in [0, 0.05) is 44.0 Å². The Bertz CT molecular complexity index is 2550. The molecule has 2 N–H and O–H groups in total. The fraction of sp³-hybridized carbons (Fsp3) is 0.0488. The maximum Gasteiger partial charge on any atom is 0.193 e. The van der Waals surface area contributed by atoms with Gasteiger partial charge in [0.25, 0.3) is 0 Å². The van der Waals surface area contributed by atoms with E-state index in [1.54, 1.807) is 13.8 Å². The lowest BCUT2D eigenvalue weighted by atomic mass is 10.00. The second kappa shape index (κ2) is 11.4. The molecule has 2 heterocycles. The molecule has 0 spiro atoms. The molecular weight excluding hydrogens is 596 g/mol. The van der Waals surface area contributed by atoms with E-state index < -0.39 is 0 Å². The molecule has 48 heavy (non-hydrogen) atoms. The minimum absolute atomic E-state index is 0.0704. The van der Waals surface area contributed by atoms with Crippen LogP contribution >= 0.6 is 0 Å². The number of rotatable bonds is 6. The van der Waals surface area contributed by atoms with Crippen molar-refractivity contribution in [3.63, 3.8) is 0 Å². The van der Waals surface area contributed by atoms with E-state index >= 15 is 0 Å². The van der Waals surface area contributed by atoms with Crippen LogP contribution in [0.1, 0.15) is 40.9 Å². The smallest absolute Gasteiger partial charge is 0.193 e. The highest BCUT2D eigenvalue weighted by Crippen LogP contribution is 2.35. The van der Waals surface area contributed by atoms with Crippen molar-refractivity contribution in [3.05, 3.63) is 156 Å². The normalized spacial score (nSPS) is 12.5. The van der Waals surface area contributed by atoms with Crippen LogP contribution in [0.5, 0.6) is 0 Å². The van der Waals surface area contributed by atoms with Crippen molar-refractivity contribution in [1.29, 1.82) is 0 Å². The van der Waals surface area contributed by atoms with Crippen LogP contribution in [0.3, 0.4) is 0 Å². The first kappa shape index (κ1) is 29.0. The number of carbonyl (C=O) groups is 1. The molecule has 8 rings (SSSR count). The number of carbonyl (C=O) groups excluding carboxylic acids is 1. The SMILES string of the molecule is C/C(=N\O)c1ccc(-n2c3ccc(C(=O)c4ccc(-n5c6ccccc6c6ccccc65)cc4)cc3c3cc(/C(C)=N/O)ccc32)cc1. The van der Waals surface area contributed by atoms with Gasteiger partial charge in [0.1, 0.15) is 0 Å². The topological polar surface area (TPSA) is 92.1 Å². The summed E-state index contributed by atoms with van der Waals surface area (Å²) in [4.78, 5) is 14.0. The number of oxime groups is 2. The van der Waals surface area contributed by atoms with Crippen molar-refractivity contribution >= 4 is 60.8 Å². The number of hydrogen-bond donors (Lipinski definition) is 2. The van der Waals surface area contributed by atoms with Gasteiger partial charge in [-0.2, -0.15) is 0 Å². The molecule has 0 saturated heterocycles. The molecule has 8 aromatic rings. The van der Waals surface area contributed by atoms with E-state index in [0.717, 1.165) is 55.3 Å². The zero-order chi connectivity index (χ0) is 32.9. The number of hydrogen-bond acceptors (Lipinski definition) is 5. The second-order valence-corrected chi connectivity index (χ2v) is 12.0. The lowest BCUT2D eigenvalue weighted by Crippen LogP contribution is -2.02. The highest BCUT2D eigenvalue weighted by molar-refractivity contribution is 6.16. The summed E-state index contributed by atoms with van der Waals surface area (Å²) in [6, 6.07) is 44.1. The molecule has 0 saturated carbocycles. The van der Waals surface area contributed by atoms with E-state index in [-0.39, 0.29) is 5.78 Å². The van der Waals surface area contributed by atoms with Gasteiger partial charge in [-0.25, -0.2) is 0 Å². The molecule has 7 heteroatoms. The zero-order valence-corrected chi connectivity index (χ0v) is 26.3. The average molecular weight is 627 g/mol. The predicted molar refractivity (Wildman–Crippen MR) is 193 cm³/mol. The van der Waals surface area contributed by atoms with E-state index in [4.69, 9.17) is 0 Å². The minimum atomic E-state index is -0.0704. The maximum absolute atomic E-state index is 14.0. The number of aromatic nitrogens is 2. The monoisotopic (exact) mass is 626 g/mol. The number of para-hydroxylation sites is 2. The van der Waals surface area contributed by atoms with E-state index in [9.17, 15) is 15.2 Å². The summed E-state index contributed by atoms with van der Waals surface area (Å²) in [5, 5.41) is 29.7. The van der Waals surface area contributed by atoms with Gasteiger partial charge in [0.2, 0.25) is 0 Å². The Morgan fingerprint density at radius 1 is 0.458 bits per heavy atom. The van der Waals surface area contributed by atoms with Crippen molar-refractivity contribution in [2.45, 2.75) is 13.8 Å². The van der Waals surface area contributed by atoms with Crippen LogP contribution in [0, 0.1) is 0 Å². The van der Waals surface area contributed by atoms with Gasteiger partial charge in [0.05, 0.1) is 33.5 Å². The minimum Gasteiger partial charge on any atom is -0.411 e. The molecule has 0 aliphatic rings. The summed E-state index contributed by atoms with van der Waals surface area (Å²) < 4.78 is 4.38. The highest BCUT2D eigenvalue weighted by atomic mass is 16.4. The van der Waals surface area contributed by atoms with Crippen LogP contribution in [0.25, 0.3) is 55.0 Å². The number of ketones is 1. The van der Waals surface area contributed by atoms with E-state index in [2.05, 4.69) is 55.8 Å². The molecular formula is C41H30N4O3. The third-order valence-electron chi connectivity index (χ3n) is 9.26. The summed E-state index contributed by atoms with van der Waals surface area (Å²) in [7, 11) is 0. The summed E-state index contributed by atoms with van der Waals surface area (Å²) in [6.07, 6.45) is 0. The first-order valence-electron chi connectivity index (χ1n) is 15.7. The van der Waals surface area contributed by atoms with Crippen LogP contribution in [0.4, 0.5) is 0 Å². The summed E-state index contributed by atoms with van der Waals surface area (Å²) in [5.41, 5.74) is 9.82. The first-order valence-corrected chi connectivity index (χ1v) is 15.7. The summed E-state index contributed by atoms with van der Waals surface area (Å²) >= 11 is 0. The van der Waals surface area contributed by atoms with Gasteiger partial charge in [0.15, 0.2) is 5.78 Å². The molecule has 6 aromatic carbocycles. The van der Waals surface area contributed by atoms with Gasteiger partial charge in [-0.1, -0.05) is 64.9 Å². The number of benzene rings is 6. The molecule has 0 atom stereocenters. The van der Waals surface area contributed by atoms with Gasteiger partial charge in [-0.15, -0.1) is 0 Å². The van der Waals surface area contributed by atoms with Crippen molar-refractivity contribution in [1.82, 2.24) is 9.13 Å². The van der Waals surface area contributed by atoms with Crippen molar-refractivity contribution in [3.8, 4) is 11.4 Å². The quantitative estimate of drug-likeness (QED) is 0.0833. The van der Waals surface area contributed by atoms with Crippen LogP contribution in [-0.2, 0) is 0 Å². The Balaban J connectivity index is 1.23. The molecule has 0 bridgehead atoms. The van der Waals surface area contributed by atoms with Gasteiger partial charge in [-0.05, 0) is 104 Å². The fourth-order valence-corrected chi connectivity index (χ4v) is 6.76. The molecule has 0 aliphatic heterocycles. The molecule has 7 nitrogen and oxygen atoms in total. The molecule has 0 radical (unpaired) electrons. The van der Waals surface area contributed by atoms with Crippen molar-refractivity contribution < 1.29 is 15.2 Å². The molecule has 2 aromatic heterocycles. The molecule has 232 valence electrons. The maximum atomic E-state index is 14.0. The standard InChI is InChI=1S/C41H30N4O3/c1-25(42-47)27-11-17-31(18-12-27)45-39-21-15-29(26(2)43-48)23-35(39)36-24-30(16-22-40(36)45)41(46)28-13-19-32(20-14-28)44-37-9-5-3-7-33(37)34-8-4-6-10-38(34)44/h3-24,47-48H,1-2H3/b42-25+,43-26+. The predicted octanol–water partition coefficient (Wildman–Crippen LogP) is 9.51. The summed E-state index contributed by atoms with van der Waals surface area (Å²) in [6.45, 7) is 3.50. The van der Waals surface area contributed by atoms with Gasteiger partial charge < -0.3 is 19.5 Å². The van der Waals surface area contributed by atoms with E-state index in [0.29, 0.717) is 22.6 Å². The summed E-state index contributed by atoms with van der Waals surface area (Å²) in [5.74, 6) is -0.0704. The van der Waals surface area contributed by atoms with Crippen molar-refractivity contribution in [2.75, 3.05) is 0 Å². The number of fused-ring (bicyclic) bond motifs is 6. The Kier molecular flexibility index (Phi) is 6.88. The molecule has 0 fully saturated rings. The van der Waals surface area contributed by atoms with Crippen LogP contribution in [0.15, 0.2) is 144 Å². The Morgan fingerprint density at radius 2 is 0.854 bits per heavy atom. The van der Waals surface area contributed by atoms with Crippen LogP contribution < -0.4 is 0 Å². The lowest BCUT2D eigenvalue weighted by Gasteiger charge is -2.10. The van der Waals surface area contributed by atoms with Crippen molar-refractivity contribution in [2.24, 2.45) is 10.3 Å². The van der Waals surface area contributed by atoms with E-state index in [1.807, 2.05) is 97.1 Å². The largest absolute Gasteiger partial charge is 0.411 e.